The molecule has 1 atom stereocenters. The highest BCUT2D eigenvalue weighted by atomic mass is 19.4. The fraction of sp³-hybridized carbons (Fsp3) is 0.462. The van der Waals surface area contributed by atoms with Gasteiger partial charge in [-0.15, -0.1) is 0 Å². The van der Waals surface area contributed by atoms with Crippen LogP contribution < -0.4 is 20.7 Å². The summed E-state index contributed by atoms with van der Waals surface area (Å²) in [7, 11) is 1.59. The minimum atomic E-state index is -4.54. The zero-order chi connectivity index (χ0) is 26.3. The van der Waals surface area contributed by atoms with Gasteiger partial charge >= 0.3 is 6.18 Å². The third-order valence-electron chi connectivity index (χ3n) is 7.47. The number of alkyl halides is 3. The van der Waals surface area contributed by atoms with E-state index in [2.05, 4.69) is 25.3 Å². The highest BCUT2D eigenvalue weighted by Crippen LogP contribution is 2.38. The Morgan fingerprint density at radius 2 is 1.89 bits per heavy atom. The fourth-order valence-electron chi connectivity index (χ4n) is 5.04. The molecule has 198 valence electrons. The predicted molar refractivity (Wildman–Crippen MR) is 137 cm³/mol. The van der Waals surface area contributed by atoms with E-state index >= 15 is 0 Å². The van der Waals surface area contributed by atoms with E-state index in [4.69, 9.17) is 10.5 Å². The number of ether oxygens (including phenoxy) is 1. The number of aromatic nitrogens is 2. The number of anilines is 2. The minimum Gasteiger partial charge on any atom is -0.480 e. The van der Waals surface area contributed by atoms with Crippen molar-refractivity contribution in [2.45, 2.75) is 44.5 Å². The number of carbonyl (C=O) groups excluding carboxylic acids is 1. The van der Waals surface area contributed by atoms with Crippen molar-refractivity contribution in [1.82, 2.24) is 20.4 Å². The molecule has 0 unspecified atom stereocenters. The van der Waals surface area contributed by atoms with Crippen molar-refractivity contribution in [3.05, 3.63) is 35.9 Å². The number of nitrogens with zero attached hydrogens (tertiary/aromatic N) is 3. The van der Waals surface area contributed by atoms with Gasteiger partial charge in [0.2, 0.25) is 0 Å². The van der Waals surface area contributed by atoms with Gasteiger partial charge in [-0.2, -0.15) is 18.3 Å². The number of carbonyl (C=O) groups is 1. The van der Waals surface area contributed by atoms with E-state index in [0.717, 1.165) is 44.4 Å². The summed E-state index contributed by atoms with van der Waals surface area (Å²) in [6.07, 6.45) is -2.79. The fourth-order valence-corrected chi connectivity index (χ4v) is 5.04. The van der Waals surface area contributed by atoms with Gasteiger partial charge in [0.05, 0.1) is 22.2 Å². The predicted octanol–water partition coefficient (Wildman–Crippen LogP) is 4.18. The molecule has 1 amide bonds. The zero-order valence-corrected chi connectivity index (χ0v) is 20.9. The molecule has 2 heterocycles. The number of hydrogen-bond donors (Lipinski definition) is 3. The maximum atomic E-state index is 13.3. The van der Waals surface area contributed by atoms with E-state index in [-0.39, 0.29) is 17.5 Å². The molecule has 1 aliphatic heterocycles. The van der Waals surface area contributed by atoms with Crippen molar-refractivity contribution in [1.29, 1.82) is 0 Å². The number of nitrogens with one attached hydrogen (secondary N) is 2. The smallest absolute Gasteiger partial charge is 0.425 e. The van der Waals surface area contributed by atoms with Gasteiger partial charge in [-0.05, 0) is 55.2 Å². The van der Waals surface area contributed by atoms with Crippen molar-refractivity contribution >= 4 is 28.3 Å². The lowest BCUT2D eigenvalue weighted by Gasteiger charge is -2.44. The van der Waals surface area contributed by atoms with Crippen molar-refractivity contribution in [3.8, 4) is 16.9 Å². The lowest BCUT2D eigenvalue weighted by atomic mass is 9.91. The Kier molecular flexibility index (Phi) is 6.65. The minimum absolute atomic E-state index is 0.00499. The summed E-state index contributed by atoms with van der Waals surface area (Å²) >= 11 is 0. The average Bonchev–Trinajstić information content (AvgIpc) is 3.23. The topological polar surface area (TPSA) is 99.5 Å². The second-order valence-corrected chi connectivity index (χ2v) is 9.73. The molecular weight excluding hydrogens is 485 g/mol. The van der Waals surface area contributed by atoms with E-state index in [1.807, 2.05) is 6.07 Å². The van der Waals surface area contributed by atoms with Crippen LogP contribution in [0.1, 0.15) is 36.5 Å². The first-order chi connectivity index (χ1) is 17.7. The molecule has 2 aromatic carbocycles. The number of amides is 1. The molecule has 2 fully saturated rings. The van der Waals surface area contributed by atoms with E-state index in [0.29, 0.717) is 28.1 Å². The first kappa shape index (κ1) is 25.2. The van der Waals surface area contributed by atoms with Gasteiger partial charge in [-0.25, -0.2) is 0 Å². The van der Waals surface area contributed by atoms with Crippen LogP contribution in [-0.4, -0.2) is 72.6 Å². The number of fused-ring (bicyclic) bond motifs is 1. The van der Waals surface area contributed by atoms with Gasteiger partial charge in [0, 0.05) is 39.3 Å². The van der Waals surface area contributed by atoms with Crippen molar-refractivity contribution in [2.75, 3.05) is 43.9 Å². The van der Waals surface area contributed by atoms with Crippen LogP contribution >= 0.6 is 0 Å². The molecule has 1 aromatic heterocycles. The zero-order valence-electron chi connectivity index (χ0n) is 20.9. The number of halogens is 3. The van der Waals surface area contributed by atoms with Gasteiger partial charge in [0.25, 0.3) is 5.91 Å². The average molecular weight is 517 g/mol. The lowest BCUT2D eigenvalue weighted by Crippen LogP contribution is -2.52. The first-order valence-electron chi connectivity index (χ1n) is 12.5. The monoisotopic (exact) mass is 516 g/mol. The standard InChI is InChI=1S/C26H31F3N6O2/c1-15(26(27,28)29)37-22-14-17(12-20-23(22)24(30)33-32-20)16-6-7-19(25(36)31-2)21(13-16)35-10-8-34(9-11-35)18-4-3-5-18/h6-7,12-15,18H,3-5,8-11H2,1-2H3,(H,31,36)(H3,30,32,33)/t15-/m1/s1. The van der Waals surface area contributed by atoms with Crippen LogP contribution in [-0.2, 0) is 0 Å². The van der Waals surface area contributed by atoms with Gasteiger partial charge < -0.3 is 20.7 Å². The summed E-state index contributed by atoms with van der Waals surface area (Å²) in [5.74, 6) is -0.136. The summed E-state index contributed by atoms with van der Waals surface area (Å²) in [6.45, 7) is 4.38. The number of H-pyrrole nitrogens is 1. The van der Waals surface area contributed by atoms with E-state index in [1.54, 1.807) is 31.3 Å². The number of rotatable bonds is 6. The second kappa shape index (κ2) is 9.77. The SMILES string of the molecule is CNC(=O)c1ccc(-c2cc(O[C@H](C)C(F)(F)F)c3c(N)n[nH]c3c2)cc1N1CCN(C2CCC2)CC1. The van der Waals surface area contributed by atoms with Crippen molar-refractivity contribution < 1.29 is 22.7 Å². The summed E-state index contributed by atoms with van der Waals surface area (Å²) in [4.78, 5) is 17.4. The largest absolute Gasteiger partial charge is 0.480 e. The van der Waals surface area contributed by atoms with Gasteiger partial charge in [-0.1, -0.05) is 12.5 Å². The third-order valence-corrected chi connectivity index (χ3v) is 7.47. The molecular formula is C26H31F3N6O2. The highest BCUT2D eigenvalue weighted by molar-refractivity contribution is 6.01. The molecule has 0 spiro atoms. The third kappa shape index (κ3) is 4.92. The van der Waals surface area contributed by atoms with Crippen LogP contribution in [0, 0.1) is 0 Å². The van der Waals surface area contributed by atoms with Gasteiger partial charge in [0.15, 0.2) is 11.9 Å². The quantitative estimate of drug-likeness (QED) is 0.455. The second-order valence-electron chi connectivity index (χ2n) is 9.73. The van der Waals surface area contributed by atoms with Crippen LogP contribution in [0.15, 0.2) is 30.3 Å². The molecule has 1 saturated carbocycles. The summed E-state index contributed by atoms with van der Waals surface area (Å²) < 4.78 is 45.1. The maximum Gasteiger partial charge on any atom is 0.425 e. The Balaban J connectivity index is 1.51. The summed E-state index contributed by atoms with van der Waals surface area (Å²) in [5.41, 5.74) is 9.10. The Hall–Kier alpha value is -3.47. The Morgan fingerprint density at radius 3 is 2.51 bits per heavy atom. The number of hydrogen-bond acceptors (Lipinski definition) is 6. The molecule has 1 aliphatic carbocycles. The number of nitrogen functional groups attached to an aromatic ring is 1. The maximum absolute atomic E-state index is 13.3. The molecule has 2 aliphatic rings. The molecule has 37 heavy (non-hydrogen) atoms. The number of piperazine rings is 1. The molecule has 8 nitrogen and oxygen atoms in total. The Morgan fingerprint density at radius 1 is 1.16 bits per heavy atom. The highest BCUT2D eigenvalue weighted by Gasteiger charge is 2.38. The molecule has 3 aromatic rings. The molecule has 5 rings (SSSR count). The van der Waals surface area contributed by atoms with Crippen LogP contribution in [0.4, 0.5) is 24.7 Å². The molecule has 11 heteroatoms. The number of aromatic amines is 1. The van der Waals surface area contributed by atoms with Crippen LogP contribution in [0.25, 0.3) is 22.0 Å². The number of benzene rings is 2. The molecule has 0 bridgehead atoms. The Labute approximate surface area is 212 Å². The number of nitrogens with two attached hydrogens (primary N) is 1. The van der Waals surface area contributed by atoms with Gasteiger partial charge in [-0.3, -0.25) is 14.8 Å². The van der Waals surface area contributed by atoms with E-state index in [9.17, 15) is 18.0 Å². The summed E-state index contributed by atoms with van der Waals surface area (Å²) in [5, 5.41) is 9.74. The Bertz CT molecular complexity index is 1300. The molecule has 4 N–H and O–H groups in total. The van der Waals surface area contributed by atoms with Crippen LogP contribution in [0.5, 0.6) is 5.75 Å². The van der Waals surface area contributed by atoms with Gasteiger partial charge in [0.1, 0.15) is 5.75 Å². The van der Waals surface area contributed by atoms with Crippen molar-refractivity contribution in [3.63, 3.8) is 0 Å². The molecule has 0 radical (unpaired) electrons. The molecule has 1 saturated heterocycles. The normalized spacial score (nSPS) is 18.0. The van der Waals surface area contributed by atoms with Crippen LogP contribution in [0.3, 0.4) is 0 Å². The van der Waals surface area contributed by atoms with E-state index in [1.165, 1.54) is 19.3 Å². The van der Waals surface area contributed by atoms with Crippen LogP contribution in [0.2, 0.25) is 0 Å². The lowest BCUT2D eigenvalue weighted by molar-refractivity contribution is -0.188. The summed E-state index contributed by atoms with van der Waals surface area (Å²) in [6, 6.07) is 9.45. The first-order valence-corrected chi connectivity index (χ1v) is 12.5. The van der Waals surface area contributed by atoms with E-state index < -0.39 is 12.3 Å². The van der Waals surface area contributed by atoms with Crippen molar-refractivity contribution in [2.24, 2.45) is 0 Å².